The Morgan fingerprint density at radius 3 is 1.55 bits per heavy atom. The van der Waals surface area contributed by atoms with Crippen LogP contribution in [-0.4, -0.2) is 34.8 Å². The number of anilines is 2. The molecule has 218 valence electrons. The van der Waals surface area contributed by atoms with Crippen LogP contribution in [-0.2, 0) is 14.8 Å². The number of nitrogens with one attached hydrogen (secondary N) is 2. The van der Waals surface area contributed by atoms with Crippen molar-refractivity contribution in [2.75, 3.05) is 10.0 Å². The fourth-order valence-corrected chi connectivity index (χ4v) is 4.53. The van der Waals surface area contributed by atoms with Crippen molar-refractivity contribution in [3.8, 4) is 45.6 Å². The molecule has 5 rings (SSSR count). The van der Waals surface area contributed by atoms with Gasteiger partial charge >= 0.3 is 0 Å². The van der Waals surface area contributed by atoms with Crippen molar-refractivity contribution in [3.63, 3.8) is 0 Å². The van der Waals surface area contributed by atoms with Gasteiger partial charge in [0.05, 0.1) is 4.90 Å². The zero-order valence-electron chi connectivity index (χ0n) is 21.5. The highest BCUT2D eigenvalue weighted by atomic mass is 32.2. The van der Waals surface area contributed by atoms with Gasteiger partial charge in [0, 0.05) is 18.1 Å². The van der Waals surface area contributed by atoms with Crippen molar-refractivity contribution >= 4 is 27.7 Å². The average Bonchev–Trinajstić information content (AvgIpc) is 3.39. The maximum Gasteiger partial charge on any atom is 0.264 e. The number of aromatic hydroxyl groups is 4. The molecule has 2 aromatic heterocycles. The summed E-state index contributed by atoms with van der Waals surface area (Å²) in [7, 11) is -4.00. The van der Waals surface area contributed by atoms with Crippen LogP contribution in [0.15, 0.2) is 92.6 Å². The summed E-state index contributed by atoms with van der Waals surface area (Å²) in [6, 6.07) is 17.5. The van der Waals surface area contributed by atoms with Crippen LogP contribution in [0.25, 0.3) is 22.6 Å². The normalized spacial score (nSPS) is 10.9. The summed E-state index contributed by atoms with van der Waals surface area (Å²) in [4.78, 5) is 10.8. The van der Waals surface area contributed by atoms with Crippen molar-refractivity contribution < 1.29 is 51.3 Å². The number of benzene rings is 3. The number of hydrogen-bond donors (Lipinski definition) is 6. The lowest BCUT2D eigenvalue weighted by atomic mass is 10.1. The molecule has 0 saturated heterocycles. The first-order chi connectivity index (χ1) is 19.9. The molecule has 6 N–H and O–H groups in total. The second-order valence-electron chi connectivity index (χ2n) is 8.53. The highest BCUT2D eigenvalue weighted by molar-refractivity contribution is 7.92. The number of sulfonamides is 1. The summed E-state index contributed by atoms with van der Waals surface area (Å²) in [5, 5.41) is 41.3. The van der Waals surface area contributed by atoms with Gasteiger partial charge in [-0.25, -0.2) is 21.9 Å². The molecule has 0 aliphatic rings. The van der Waals surface area contributed by atoms with Gasteiger partial charge in [0.1, 0.15) is 11.6 Å². The van der Waals surface area contributed by atoms with Crippen LogP contribution in [0.3, 0.4) is 0 Å². The lowest BCUT2D eigenvalue weighted by Gasteiger charge is -2.05. The number of rotatable bonds is 6. The fraction of sp³-hybridized carbons (Fsp3) is 0.0357. The van der Waals surface area contributed by atoms with Gasteiger partial charge in [-0.05, 0) is 60.7 Å². The van der Waals surface area contributed by atoms with E-state index in [1.807, 2.05) is 0 Å². The zero-order valence-corrected chi connectivity index (χ0v) is 22.3. The Kier molecular flexibility index (Phi) is 8.38. The minimum Gasteiger partial charge on any atom is -0.502 e. The Hall–Kier alpha value is -5.50. The minimum absolute atomic E-state index is 0.0383. The van der Waals surface area contributed by atoms with Crippen molar-refractivity contribution in [1.29, 1.82) is 0 Å². The number of carbonyl (C=O) groups excluding carboxylic acids is 1. The van der Waals surface area contributed by atoms with Crippen LogP contribution in [0.1, 0.15) is 6.92 Å². The van der Waals surface area contributed by atoms with Gasteiger partial charge < -0.3 is 29.3 Å². The second kappa shape index (κ2) is 11.9. The van der Waals surface area contributed by atoms with Crippen LogP contribution < -0.4 is 10.0 Å². The zero-order chi connectivity index (χ0) is 30.6. The topological polar surface area (TPSA) is 182 Å². The molecule has 0 atom stereocenters. The van der Waals surface area contributed by atoms with E-state index >= 15 is 0 Å². The van der Waals surface area contributed by atoms with Gasteiger partial charge in [0.15, 0.2) is 11.5 Å². The molecule has 0 radical (unpaired) electrons. The minimum atomic E-state index is -4.00. The van der Waals surface area contributed by atoms with E-state index in [1.165, 1.54) is 67.6 Å². The van der Waals surface area contributed by atoms with E-state index < -0.39 is 56.4 Å². The molecule has 0 fully saturated rings. The van der Waals surface area contributed by atoms with Crippen LogP contribution in [0.4, 0.5) is 20.5 Å². The lowest BCUT2D eigenvalue weighted by Crippen LogP contribution is -2.12. The molecule has 0 aliphatic carbocycles. The van der Waals surface area contributed by atoms with Crippen LogP contribution in [0, 0.1) is 11.6 Å². The molecule has 3 aromatic carbocycles. The summed E-state index contributed by atoms with van der Waals surface area (Å²) in [6.07, 6.45) is 0. The summed E-state index contributed by atoms with van der Waals surface area (Å²) in [5.41, 5.74) is 0.648. The molecule has 0 bridgehead atoms. The van der Waals surface area contributed by atoms with E-state index in [1.54, 1.807) is 6.07 Å². The molecule has 1 amide bonds. The third kappa shape index (κ3) is 6.45. The molecule has 11 nitrogen and oxygen atoms in total. The SMILES string of the molecule is CC(=O)Nc1oc(-c2ccc(F)cc2)c(O)c1O.O=S(=O)(Nc1oc(-c2ccc(F)cc2)c(O)c1O)c1ccccc1. The quantitative estimate of drug-likeness (QED) is 0.141. The standard InChI is InChI=1S/C16H12FNO5S.C12H10FNO4/c17-11-8-6-10(7-9-11)15-13(19)14(20)16(23-15)18-24(21,22)12-4-2-1-3-5-12;1-6(15)14-12-10(17)9(16)11(18-12)7-2-4-8(13)5-3-7/h1-9,18-20H;2-5,16-17H,1H3,(H,14,15). The van der Waals surface area contributed by atoms with Crippen molar-refractivity contribution in [3.05, 3.63) is 90.5 Å². The molecule has 2 heterocycles. The molecule has 0 aliphatic heterocycles. The van der Waals surface area contributed by atoms with Crippen molar-refractivity contribution in [2.24, 2.45) is 0 Å². The van der Waals surface area contributed by atoms with Gasteiger partial charge in [-0.2, -0.15) is 0 Å². The van der Waals surface area contributed by atoms with E-state index in [-0.39, 0.29) is 27.9 Å². The molecule has 5 aromatic rings. The molecular weight excluding hydrogens is 578 g/mol. The van der Waals surface area contributed by atoms with Crippen molar-refractivity contribution in [1.82, 2.24) is 0 Å². The Bertz CT molecular complexity index is 1820. The van der Waals surface area contributed by atoms with Gasteiger partial charge in [0.25, 0.3) is 15.9 Å². The van der Waals surface area contributed by atoms with Gasteiger partial charge in [-0.3, -0.25) is 10.1 Å². The fourth-order valence-electron chi connectivity index (χ4n) is 3.52. The summed E-state index contributed by atoms with van der Waals surface area (Å²) in [6.45, 7) is 1.23. The summed E-state index contributed by atoms with van der Waals surface area (Å²) >= 11 is 0. The predicted molar refractivity (Wildman–Crippen MR) is 146 cm³/mol. The van der Waals surface area contributed by atoms with E-state index in [4.69, 9.17) is 8.83 Å². The number of furan rings is 2. The largest absolute Gasteiger partial charge is 0.502 e. The summed E-state index contributed by atoms with van der Waals surface area (Å²) < 4.78 is 62.6. The first kappa shape index (κ1) is 29.5. The number of carbonyl (C=O) groups is 1. The van der Waals surface area contributed by atoms with E-state index in [0.717, 1.165) is 12.1 Å². The van der Waals surface area contributed by atoms with E-state index in [2.05, 4.69) is 10.0 Å². The van der Waals surface area contributed by atoms with Crippen LogP contribution in [0.5, 0.6) is 23.0 Å². The molecule has 42 heavy (non-hydrogen) atoms. The molecular formula is C28H22F2N2O9S. The maximum atomic E-state index is 13.0. The van der Waals surface area contributed by atoms with E-state index in [9.17, 15) is 42.4 Å². The van der Waals surface area contributed by atoms with Crippen molar-refractivity contribution in [2.45, 2.75) is 11.8 Å². The molecule has 0 unspecified atom stereocenters. The predicted octanol–water partition coefficient (Wildman–Crippen LogP) is 5.75. The van der Waals surface area contributed by atoms with Crippen LogP contribution >= 0.6 is 0 Å². The smallest absolute Gasteiger partial charge is 0.264 e. The highest BCUT2D eigenvalue weighted by Crippen LogP contribution is 2.46. The van der Waals surface area contributed by atoms with Gasteiger partial charge in [-0.1, -0.05) is 18.2 Å². The lowest BCUT2D eigenvalue weighted by molar-refractivity contribution is -0.114. The number of amides is 1. The second-order valence-corrected chi connectivity index (χ2v) is 10.2. The Morgan fingerprint density at radius 2 is 1.10 bits per heavy atom. The van der Waals surface area contributed by atoms with E-state index in [0.29, 0.717) is 5.56 Å². The highest BCUT2D eigenvalue weighted by Gasteiger charge is 2.25. The maximum absolute atomic E-state index is 13.0. The molecule has 0 saturated carbocycles. The third-order valence-corrected chi connectivity index (χ3v) is 6.85. The average molecular weight is 601 g/mol. The number of hydrogen-bond acceptors (Lipinski definition) is 9. The molecule has 0 spiro atoms. The first-order valence-corrected chi connectivity index (χ1v) is 13.3. The van der Waals surface area contributed by atoms with Gasteiger partial charge in [-0.15, -0.1) is 0 Å². The van der Waals surface area contributed by atoms with Gasteiger partial charge in [0.2, 0.25) is 34.8 Å². The first-order valence-electron chi connectivity index (χ1n) is 11.8. The number of halogens is 2. The Morgan fingerprint density at radius 1 is 0.667 bits per heavy atom. The summed E-state index contributed by atoms with van der Waals surface area (Å²) in [5.74, 6) is -4.86. The van der Waals surface area contributed by atoms with Crippen LogP contribution in [0.2, 0.25) is 0 Å². The monoisotopic (exact) mass is 600 g/mol. The Labute approximate surface area is 237 Å². The molecule has 14 heteroatoms. The third-order valence-electron chi connectivity index (χ3n) is 5.50. The Balaban J connectivity index is 0.000000201.